The number of anilines is 2. The van der Waals surface area contributed by atoms with Crippen LogP contribution >= 0.6 is 11.6 Å². The number of nitrogens with zero attached hydrogens (tertiary/aromatic N) is 6. The van der Waals surface area contributed by atoms with Crippen molar-refractivity contribution in [2.24, 2.45) is 0 Å². The Balaban J connectivity index is 1.37. The fourth-order valence-electron chi connectivity index (χ4n) is 4.51. The largest absolute Gasteiger partial charge is 0.350 e. The molecule has 5 rings (SSSR count). The van der Waals surface area contributed by atoms with E-state index in [9.17, 15) is 4.79 Å². The number of amides is 2. The minimum atomic E-state index is -0.130. The molecule has 1 aliphatic heterocycles. The highest BCUT2D eigenvalue weighted by atomic mass is 35.5. The fourth-order valence-corrected chi connectivity index (χ4v) is 4.68. The third-order valence-corrected chi connectivity index (χ3v) is 6.81. The summed E-state index contributed by atoms with van der Waals surface area (Å²) in [6, 6.07) is 13.7. The van der Waals surface area contributed by atoms with Crippen LogP contribution in [0.2, 0.25) is 5.02 Å². The zero-order valence-electron chi connectivity index (χ0n) is 20.3. The molecule has 8 nitrogen and oxygen atoms in total. The lowest BCUT2D eigenvalue weighted by Crippen LogP contribution is -2.50. The maximum absolute atomic E-state index is 12.9. The molecule has 2 aromatic carbocycles. The maximum atomic E-state index is 12.9. The van der Waals surface area contributed by atoms with E-state index in [4.69, 9.17) is 16.7 Å². The smallest absolute Gasteiger partial charge is 0.321 e. The average molecular weight is 490 g/mol. The van der Waals surface area contributed by atoms with Crippen LogP contribution in [0.25, 0.3) is 16.6 Å². The molecule has 0 atom stereocenters. The lowest BCUT2D eigenvalue weighted by Gasteiger charge is -2.35. The summed E-state index contributed by atoms with van der Waals surface area (Å²) in [5.74, 6) is 0.755. The summed E-state index contributed by atoms with van der Waals surface area (Å²) < 4.78 is 1.96. The van der Waals surface area contributed by atoms with E-state index in [0.717, 1.165) is 45.0 Å². The molecular weight excluding hydrogens is 462 g/mol. The molecular formula is C26H28ClN7O. The van der Waals surface area contributed by atoms with E-state index in [1.807, 2.05) is 35.6 Å². The molecule has 0 unspecified atom stereocenters. The van der Waals surface area contributed by atoms with E-state index in [2.05, 4.69) is 58.5 Å². The number of benzene rings is 2. The second-order valence-corrected chi connectivity index (χ2v) is 9.47. The van der Waals surface area contributed by atoms with Crippen molar-refractivity contribution in [3.63, 3.8) is 0 Å². The molecule has 9 heteroatoms. The van der Waals surface area contributed by atoms with Gasteiger partial charge in [0.1, 0.15) is 5.52 Å². The maximum Gasteiger partial charge on any atom is 0.321 e. The first-order valence-electron chi connectivity index (χ1n) is 11.7. The van der Waals surface area contributed by atoms with E-state index in [-0.39, 0.29) is 6.03 Å². The van der Waals surface area contributed by atoms with Gasteiger partial charge in [-0.25, -0.2) is 9.48 Å². The molecule has 1 fully saturated rings. The van der Waals surface area contributed by atoms with Crippen molar-refractivity contribution in [1.82, 2.24) is 24.9 Å². The zero-order valence-corrected chi connectivity index (χ0v) is 21.1. The minimum absolute atomic E-state index is 0.130. The number of piperazine rings is 1. The molecule has 1 saturated heterocycles. The van der Waals surface area contributed by atoms with Crippen LogP contribution in [-0.2, 0) is 0 Å². The first-order valence-corrected chi connectivity index (χ1v) is 12.1. The Morgan fingerprint density at radius 3 is 2.37 bits per heavy atom. The summed E-state index contributed by atoms with van der Waals surface area (Å²) in [7, 11) is 0. The summed E-state index contributed by atoms with van der Waals surface area (Å²) in [5, 5.41) is 18.5. The van der Waals surface area contributed by atoms with Crippen molar-refractivity contribution >= 4 is 40.0 Å². The van der Waals surface area contributed by atoms with E-state index in [1.165, 1.54) is 5.56 Å². The molecule has 0 radical (unpaired) electrons. The normalized spacial score (nSPS) is 14.0. The molecule has 0 aliphatic carbocycles. The molecule has 0 bridgehead atoms. The van der Waals surface area contributed by atoms with Gasteiger partial charge in [0.25, 0.3) is 0 Å². The molecule has 35 heavy (non-hydrogen) atoms. The molecule has 4 aromatic rings. The van der Waals surface area contributed by atoms with E-state index in [0.29, 0.717) is 31.2 Å². The Morgan fingerprint density at radius 1 is 0.943 bits per heavy atom. The number of halogens is 1. The van der Waals surface area contributed by atoms with Gasteiger partial charge in [0.2, 0.25) is 0 Å². The quantitative estimate of drug-likeness (QED) is 0.435. The molecule has 3 heterocycles. The van der Waals surface area contributed by atoms with Gasteiger partial charge in [-0.2, -0.15) is 10.2 Å². The number of nitrogens with one attached hydrogen (secondary N) is 1. The van der Waals surface area contributed by atoms with Crippen LogP contribution in [0.4, 0.5) is 16.3 Å². The Morgan fingerprint density at radius 2 is 1.66 bits per heavy atom. The number of aromatic nitrogens is 4. The Kier molecular flexibility index (Phi) is 6.06. The van der Waals surface area contributed by atoms with Crippen LogP contribution < -0.4 is 10.2 Å². The van der Waals surface area contributed by atoms with Gasteiger partial charge in [0.15, 0.2) is 5.82 Å². The van der Waals surface area contributed by atoms with Gasteiger partial charge in [-0.15, -0.1) is 5.10 Å². The number of rotatable bonds is 3. The Labute approximate surface area is 209 Å². The minimum Gasteiger partial charge on any atom is -0.350 e. The third kappa shape index (κ3) is 4.41. The molecule has 180 valence electrons. The van der Waals surface area contributed by atoms with Gasteiger partial charge in [-0.3, -0.25) is 0 Å². The highest BCUT2D eigenvalue weighted by Gasteiger charge is 2.26. The van der Waals surface area contributed by atoms with Crippen molar-refractivity contribution in [3.8, 4) is 5.69 Å². The van der Waals surface area contributed by atoms with Crippen LogP contribution in [0.5, 0.6) is 0 Å². The zero-order chi connectivity index (χ0) is 24.7. The summed E-state index contributed by atoms with van der Waals surface area (Å²) in [6.07, 6.45) is 0. The van der Waals surface area contributed by atoms with Crippen LogP contribution in [0.1, 0.15) is 22.5 Å². The Bertz CT molecular complexity index is 1410. The van der Waals surface area contributed by atoms with Gasteiger partial charge in [-0.1, -0.05) is 35.4 Å². The lowest BCUT2D eigenvalue weighted by atomic mass is 10.2. The highest BCUT2D eigenvalue weighted by Crippen LogP contribution is 2.30. The van der Waals surface area contributed by atoms with Crippen molar-refractivity contribution in [1.29, 1.82) is 0 Å². The lowest BCUT2D eigenvalue weighted by molar-refractivity contribution is 0.208. The van der Waals surface area contributed by atoms with Gasteiger partial charge in [0, 0.05) is 36.9 Å². The third-order valence-electron chi connectivity index (χ3n) is 6.57. The second kappa shape index (κ2) is 9.19. The van der Waals surface area contributed by atoms with Gasteiger partial charge >= 0.3 is 6.03 Å². The fraction of sp³-hybridized carbons (Fsp3) is 0.308. The first kappa shape index (κ1) is 23.1. The number of fused-ring (bicyclic) bond motifs is 1. The van der Waals surface area contributed by atoms with Crippen molar-refractivity contribution < 1.29 is 4.79 Å². The highest BCUT2D eigenvalue weighted by molar-refractivity contribution is 6.31. The number of carbonyl (C=O) groups excluding carboxylic acids is 1. The standard InChI is InChI=1S/C26H28ClN7O/c1-16-5-9-21(10-6-16)34-19(4)23-18(3)29-30-25(24(23)31-34)32-11-13-33(14-12-32)26(35)28-22-15-20(27)8-7-17(22)2/h5-10,15H,11-14H2,1-4H3,(H,28,35). The van der Waals surface area contributed by atoms with E-state index < -0.39 is 0 Å². The molecule has 2 aromatic heterocycles. The number of carbonyl (C=O) groups is 1. The molecule has 1 N–H and O–H groups in total. The molecule has 0 spiro atoms. The summed E-state index contributed by atoms with van der Waals surface area (Å²) in [4.78, 5) is 16.8. The van der Waals surface area contributed by atoms with Crippen molar-refractivity contribution in [3.05, 3.63) is 70.0 Å². The molecule has 1 aliphatic rings. The van der Waals surface area contributed by atoms with Crippen LogP contribution in [0, 0.1) is 27.7 Å². The van der Waals surface area contributed by atoms with Crippen LogP contribution in [0.3, 0.4) is 0 Å². The SMILES string of the molecule is Cc1ccc(-n2nc3c(N4CCN(C(=O)Nc5cc(Cl)ccc5C)CC4)nnc(C)c3c2C)cc1. The molecule has 0 saturated carbocycles. The summed E-state index contributed by atoms with van der Waals surface area (Å²) in [5.41, 5.74) is 6.64. The number of hydrogen-bond donors (Lipinski definition) is 1. The van der Waals surface area contributed by atoms with Crippen LogP contribution in [0.15, 0.2) is 42.5 Å². The average Bonchev–Trinajstić information content (AvgIpc) is 3.20. The number of aryl methyl sites for hydroxylation is 4. The van der Waals surface area contributed by atoms with Gasteiger partial charge < -0.3 is 15.1 Å². The van der Waals surface area contributed by atoms with Crippen molar-refractivity contribution in [2.75, 3.05) is 36.4 Å². The van der Waals surface area contributed by atoms with E-state index >= 15 is 0 Å². The van der Waals surface area contributed by atoms with Crippen molar-refractivity contribution in [2.45, 2.75) is 27.7 Å². The topological polar surface area (TPSA) is 79.2 Å². The van der Waals surface area contributed by atoms with Gasteiger partial charge in [0.05, 0.1) is 22.5 Å². The van der Waals surface area contributed by atoms with Crippen LogP contribution in [-0.4, -0.2) is 57.1 Å². The second-order valence-electron chi connectivity index (χ2n) is 9.03. The Hall–Kier alpha value is -3.65. The number of urea groups is 1. The van der Waals surface area contributed by atoms with E-state index in [1.54, 1.807) is 6.07 Å². The predicted octanol–water partition coefficient (Wildman–Crippen LogP) is 5.06. The predicted molar refractivity (Wildman–Crippen MR) is 140 cm³/mol. The van der Waals surface area contributed by atoms with Gasteiger partial charge in [-0.05, 0) is 57.5 Å². The monoisotopic (exact) mass is 489 g/mol. The number of hydrogen-bond acceptors (Lipinski definition) is 5. The summed E-state index contributed by atoms with van der Waals surface area (Å²) >= 11 is 6.10. The molecule has 2 amide bonds. The summed E-state index contributed by atoms with van der Waals surface area (Å²) in [6.45, 7) is 10.5. The first-order chi connectivity index (χ1) is 16.8.